The Hall–Kier alpha value is -2.20. The summed E-state index contributed by atoms with van der Waals surface area (Å²) < 4.78 is 10.7. The van der Waals surface area contributed by atoms with E-state index in [1.165, 1.54) is 49.2 Å². The highest BCUT2D eigenvalue weighted by Crippen LogP contribution is 2.28. The van der Waals surface area contributed by atoms with Crippen LogP contribution in [0, 0.1) is 12.8 Å². The van der Waals surface area contributed by atoms with Crippen LogP contribution in [0.4, 0.5) is 5.69 Å². The summed E-state index contributed by atoms with van der Waals surface area (Å²) >= 11 is 0. The lowest BCUT2D eigenvalue weighted by molar-refractivity contribution is 0.183. The van der Waals surface area contributed by atoms with Crippen molar-refractivity contribution in [2.75, 3.05) is 45.7 Å². The Bertz CT molecular complexity index is 722. The van der Waals surface area contributed by atoms with Crippen molar-refractivity contribution in [3.8, 4) is 11.5 Å². The Balaban J connectivity index is 1.35. The number of nitrogens with zero attached hydrogens (tertiary/aromatic N) is 1. The zero-order valence-electron chi connectivity index (χ0n) is 17.5. The van der Waals surface area contributed by atoms with Crippen LogP contribution >= 0.6 is 0 Å². The average Bonchev–Trinajstić information content (AvgIpc) is 2.74. The number of hydrogen-bond acceptors (Lipinski definition) is 4. The van der Waals surface area contributed by atoms with Gasteiger partial charge in [0.1, 0.15) is 0 Å². The van der Waals surface area contributed by atoms with Crippen LogP contribution in [0.5, 0.6) is 11.5 Å². The lowest BCUT2D eigenvalue weighted by atomic mass is 9.93. The van der Waals surface area contributed by atoms with Crippen molar-refractivity contribution in [1.82, 2.24) is 4.90 Å². The number of piperidine rings is 1. The van der Waals surface area contributed by atoms with Gasteiger partial charge in [-0.2, -0.15) is 0 Å². The Labute approximate surface area is 169 Å². The third kappa shape index (κ3) is 5.90. The van der Waals surface area contributed by atoms with Crippen molar-refractivity contribution in [2.45, 2.75) is 32.6 Å². The highest BCUT2D eigenvalue weighted by molar-refractivity contribution is 5.44. The van der Waals surface area contributed by atoms with Crippen LogP contribution in [0.15, 0.2) is 42.5 Å². The van der Waals surface area contributed by atoms with Gasteiger partial charge in [0.05, 0.1) is 14.2 Å². The van der Waals surface area contributed by atoms with Crippen LogP contribution in [-0.4, -0.2) is 45.3 Å². The van der Waals surface area contributed by atoms with E-state index in [-0.39, 0.29) is 0 Å². The maximum absolute atomic E-state index is 5.41. The van der Waals surface area contributed by atoms with Crippen molar-refractivity contribution in [3.63, 3.8) is 0 Å². The molecule has 1 fully saturated rings. The molecule has 0 aliphatic carbocycles. The van der Waals surface area contributed by atoms with E-state index in [2.05, 4.69) is 53.5 Å². The van der Waals surface area contributed by atoms with E-state index in [1.807, 2.05) is 6.07 Å². The number of aryl methyl sites for hydroxylation is 1. The zero-order chi connectivity index (χ0) is 19.8. The molecule has 0 bridgehead atoms. The minimum atomic E-state index is 0.798. The molecule has 0 unspecified atom stereocenters. The molecule has 0 radical (unpaired) electrons. The maximum Gasteiger partial charge on any atom is 0.160 e. The first-order valence-corrected chi connectivity index (χ1v) is 10.4. The summed E-state index contributed by atoms with van der Waals surface area (Å²) in [6.07, 6.45) is 4.93. The second-order valence-electron chi connectivity index (χ2n) is 7.81. The van der Waals surface area contributed by atoms with Gasteiger partial charge in [-0.05, 0) is 81.4 Å². The van der Waals surface area contributed by atoms with E-state index in [0.29, 0.717) is 0 Å². The van der Waals surface area contributed by atoms with Crippen LogP contribution < -0.4 is 14.8 Å². The molecule has 4 nitrogen and oxygen atoms in total. The predicted octanol–water partition coefficient (Wildman–Crippen LogP) is 4.77. The first-order chi connectivity index (χ1) is 13.7. The molecule has 1 aliphatic heterocycles. The molecule has 0 atom stereocenters. The Kier molecular flexibility index (Phi) is 7.61. The second kappa shape index (κ2) is 10.4. The summed E-state index contributed by atoms with van der Waals surface area (Å²) in [6.45, 7) is 6.73. The van der Waals surface area contributed by atoms with Crippen LogP contribution in [0.3, 0.4) is 0 Å². The molecule has 1 heterocycles. The first kappa shape index (κ1) is 20.5. The maximum atomic E-state index is 5.41. The number of hydrogen-bond donors (Lipinski definition) is 1. The van der Waals surface area contributed by atoms with Gasteiger partial charge in [-0.25, -0.2) is 0 Å². The molecule has 1 saturated heterocycles. The Morgan fingerprint density at radius 2 is 1.68 bits per heavy atom. The summed E-state index contributed by atoms with van der Waals surface area (Å²) in [4.78, 5) is 2.60. The van der Waals surface area contributed by atoms with Crippen molar-refractivity contribution in [1.29, 1.82) is 0 Å². The van der Waals surface area contributed by atoms with Gasteiger partial charge < -0.3 is 19.7 Å². The number of ether oxygens (including phenoxy) is 2. The summed E-state index contributed by atoms with van der Waals surface area (Å²) in [5, 5.41) is 3.56. The van der Waals surface area contributed by atoms with Gasteiger partial charge in [0.25, 0.3) is 0 Å². The number of likely N-dealkylation sites (tertiary alicyclic amines) is 1. The Morgan fingerprint density at radius 3 is 2.36 bits per heavy atom. The third-order valence-electron chi connectivity index (χ3n) is 5.81. The molecule has 28 heavy (non-hydrogen) atoms. The molecule has 0 spiro atoms. The van der Waals surface area contributed by atoms with Crippen LogP contribution in [-0.2, 0) is 6.42 Å². The monoisotopic (exact) mass is 382 g/mol. The minimum absolute atomic E-state index is 0.798. The fourth-order valence-electron chi connectivity index (χ4n) is 3.91. The topological polar surface area (TPSA) is 33.7 Å². The summed E-state index contributed by atoms with van der Waals surface area (Å²) in [5.41, 5.74) is 3.85. The molecule has 152 valence electrons. The highest BCUT2D eigenvalue weighted by atomic mass is 16.5. The molecule has 1 aliphatic rings. The molecule has 2 aromatic rings. The van der Waals surface area contributed by atoms with Crippen molar-refractivity contribution < 1.29 is 9.47 Å². The third-order valence-corrected chi connectivity index (χ3v) is 5.81. The van der Waals surface area contributed by atoms with Gasteiger partial charge >= 0.3 is 0 Å². The SMILES string of the molecule is COc1ccc(CCN2CCC(CCNc3ccc(C)cc3)CC2)cc1OC. The van der Waals surface area contributed by atoms with Gasteiger partial charge in [0.15, 0.2) is 11.5 Å². The van der Waals surface area contributed by atoms with Crippen LogP contribution in [0.25, 0.3) is 0 Å². The summed E-state index contributed by atoms with van der Waals surface area (Å²) in [6, 6.07) is 14.9. The zero-order valence-corrected chi connectivity index (χ0v) is 17.5. The standard InChI is InChI=1S/C24H34N2O2/c1-19-4-7-22(8-5-19)25-14-10-20-11-15-26(16-12-20)17-13-21-6-9-23(27-2)24(18-21)28-3/h4-9,18,20,25H,10-17H2,1-3H3. The lowest BCUT2D eigenvalue weighted by Gasteiger charge is -2.32. The molecule has 2 aromatic carbocycles. The second-order valence-corrected chi connectivity index (χ2v) is 7.81. The smallest absolute Gasteiger partial charge is 0.160 e. The fourth-order valence-corrected chi connectivity index (χ4v) is 3.91. The van der Waals surface area contributed by atoms with Crippen LogP contribution in [0.2, 0.25) is 0 Å². The van der Waals surface area contributed by atoms with Gasteiger partial charge in [0.2, 0.25) is 0 Å². The van der Waals surface area contributed by atoms with E-state index in [9.17, 15) is 0 Å². The average molecular weight is 383 g/mol. The Morgan fingerprint density at radius 1 is 0.964 bits per heavy atom. The molecule has 0 saturated carbocycles. The van der Waals surface area contributed by atoms with Crippen molar-refractivity contribution >= 4 is 5.69 Å². The van der Waals surface area contributed by atoms with Crippen molar-refractivity contribution in [3.05, 3.63) is 53.6 Å². The van der Waals surface area contributed by atoms with E-state index < -0.39 is 0 Å². The van der Waals surface area contributed by atoms with E-state index in [1.54, 1.807) is 14.2 Å². The predicted molar refractivity (Wildman–Crippen MR) is 117 cm³/mol. The minimum Gasteiger partial charge on any atom is -0.493 e. The number of methoxy groups -OCH3 is 2. The van der Waals surface area contributed by atoms with E-state index in [4.69, 9.17) is 9.47 Å². The van der Waals surface area contributed by atoms with E-state index in [0.717, 1.165) is 36.9 Å². The fraction of sp³-hybridized carbons (Fsp3) is 0.500. The molecular formula is C24H34N2O2. The normalized spacial score (nSPS) is 15.4. The van der Waals surface area contributed by atoms with Gasteiger partial charge in [-0.1, -0.05) is 23.8 Å². The molecule has 0 amide bonds. The number of anilines is 1. The summed E-state index contributed by atoms with van der Waals surface area (Å²) in [5.74, 6) is 2.46. The largest absolute Gasteiger partial charge is 0.493 e. The van der Waals surface area contributed by atoms with E-state index >= 15 is 0 Å². The van der Waals surface area contributed by atoms with Crippen LogP contribution in [0.1, 0.15) is 30.4 Å². The highest BCUT2D eigenvalue weighted by Gasteiger charge is 2.18. The molecule has 1 N–H and O–H groups in total. The van der Waals surface area contributed by atoms with Gasteiger partial charge in [-0.3, -0.25) is 0 Å². The molecule has 0 aromatic heterocycles. The van der Waals surface area contributed by atoms with Gasteiger partial charge in [0, 0.05) is 18.8 Å². The van der Waals surface area contributed by atoms with Gasteiger partial charge in [-0.15, -0.1) is 0 Å². The number of nitrogens with one attached hydrogen (secondary N) is 1. The first-order valence-electron chi connectivity index (χ1n) is 10.4. The van der Waals surface area contributed by atoms with Crippen molar-refractivity contribution in [2.24, 2.45) is 5.92 Å². The quantitative estimate of drug-likeness (QED) is 0.677. The summed E-state index contributed by atoms with van der Waals surface area (Å²) in [7, 11) is 3.37. The number of benzene rings is 2. The molecule has 4 heteroatoms. The lowest BCUT2D eigenvalue weighted by Crippen LogP contribution is -2.35. The molecule has 3 rings (SSSR count). The molecular weight excluding hydrogens is 348 g/mol. The number of rotatable bonds is 9.